The Hall–Kier alpha value is -1.72. The second-order valence-corrected chi connectivity index (χ2v) is 5.99. The highest BCUT2D eigenvalue weighted by Crippen LogP contribution is 2.14. The molecule has 1 aromatic carbocycles. The third kappa shape index (κ3) is 3.54. The van der Waals surface area contributed by atoms with E-state index in [1.165, 1.54) is 11.1 Å². The fraction of sp³-hybridized carbons (Fsp3) is 0.529. The normalized spacial score (nSPS) is 18.0. The van der Waals surface area contributed by atoms with E-state index in [9.17, 15) is 0 Å². The first-order chi connectivity index (χ1) is 10.8. The van der Waals surface area contributed by atoms with Crippen LogP contribution in [-0.2, 0) is 30.9 Å². The third-order valence-corrected chi connectivity index (χ3v) is 4.25. The van der Waals surface area contributed by atoms with Crippen LogP contribution in [0.2, 0.25) is 0 Å². The lowest BCUT2D eigenvalue weighted by Gasteiger charge is -2.15. The summed E-state index contributed by atoms with van der Waals surface area (Å²) in [7, 11) is 0. The van der Waals surface area contributed by atoms with Gasteiger partial charge in [0.25, 0.3) is 0 Å². The fourth-order valence-corrected chi connectivity index (χ4v) is 2.80. The van der Waals surface area contributed by atoms with Crippen molar-refractivity contribution in [1.29, 1.82) is 0 Å². The smallest absolute Gasteiger partial charge is 0.0904 e. The summed E-state index contributed by atoms with van der Waals surface area (Å²) in [5.41, 5.74) is 4.79. The largest absolute Gasteiger partial charge is 0.375 e. The van der Waals surface area contributed by atoms with Crippen LogP contribution in [0.25, 0.3) is 0 Å². The van der Waals surface area contributed by atoms with Gasteiger partial charge in [-0.1, -0.05) is 36.4 Å². The minimum atomic E-state index is 0.428. The molecular formula is C17H24N4O. The first kappa shape index (κ1) is 15.2. The zero-order valence-electron chi connectivity index (χ0n) is 13.4. The molecule has 1 aliphatic rings. The predicted octanol–water partition coefficient (Wildman–Crippen LogP) is 2.09. The number of fused-ring (bicyclic) bond motifs is 1. The van der Waals surface area contributed by atoms with Crippen molar-refractivity contribution in [3.63, 3.8) is 0 Å². The number of rotatable bonds is 5. The average Bonchev–Trinajstić information content (AvgIpc) is 2.76. The van der Waals surface area contributed by atoms with E-state index < -0.39 is 0 Å². The Bertz CT molecular complexity index is 606. The van der Waals surface area contributed by atoms with E-state index in [4.69, 9.17) is 4.74 Å². The van der Waals surface area contributed by atoms with E-state index in [1.807, 2.05) is 11.6 Å². The summed E-state index contributed by atoms with van der Waals surface area (Å²) in [6, 6.07) is 8.81. The Morgan fingerprint density at radius 1 is 1.27 bits per heavy atom. The molecule has 1 N–H and O–H groups in total. The molecule has 0 aliphatic carbocycles. The Morgan fingerprint density at radius 3 is 2.82 bits per heavy atom. The molecule has 0 bridgehead atoms. The van der Waals surface area contributed by atoms with E-state index in [2.05, 4.69) is 46.8 Å². The number of hydrogen-bond acceptors (Lipinski definition) is 4. The predicted molar refractivity (Wildman–Crippen MR) is 85.4 cm³/mol. The third-order valence-electron chi connectivity index (χ3n) is 4.25. The Balaban J connectivity index is 1.51. The molecular weight excluding hydrogens is 276 g/mol. The van der Waals surface area contributed by atoms with Gasteiger partial charge in [-0.15, -0.1) is 5.10 Å². The molecule has 0 amide bonds. The average molecular weight is 300 g/mol. The molecule has 0 saturated heterocycles. The summed E-state index contributed by atoms with van der Waals surface area (Å²) in [6.45, 7) is 8.24. The monoisotopic (exact) mass is 300 g/mol. The number of benzene rings is 1. The molecule has 22 heavy (non-hydrogen) atoms. The molecule has 5 nitrogen and oxygen atoms in total. The lowest BCUT2D eigenvalue weighted by atomic mass is 10.1. The van der Waals surface area contributed by atoms with E-state index in [-0.39, 0.29) is 0 Å². The lowest BCUT2D eigenvalue weighted by molar-refractivity contribution is 0.0936. The van der Waals surface area contributed by atoms with Gasteiger partial charge in [-0.05, 0) is 24.5 Å². The molecule has 0 fully saturated rings. The van der Waals surface area contributed by atoms with Crippen LogP contribution in [0, 0.1) is 12.8 Å². The minimum Gasteiger partial charge on any atom is -0.375 e. The molecule has 1 aromatic heterocycles. The molecule has 0 radical (unpaired) electrons. The summed E-state index contributed by atoms with van der Waals surface area (Å²) < 4.78 is 7.76. The van der Waals surface area contributed by atoms with Gasteiger partial charge in [0.05, 0.1) is 24.6 Å². The molecule has 118 valence electrons. The van der Waals surface area contributed by atoms with Gasteiger partial charge in [-0.2, -0.15) is 0 Å². The quantitative estimate of drug-likeness (QED) is 0.918. The van der Waals surface area contributed by atoms with Crippen LogP contribution >= 0.6 is 0 Å². The number of nitrogens with one attached hydrogen (secondary N) is 1. The summed E-state index contributed by atoms with van der Waals surface area (Å²) >= 11 is 0. The highest BCUT2D eigenvalue weighted by atomic mass is 16.5. The number of aromatic nitrogens is 3. The lowest BCUT2D eigenvalue weighted by Crippen LogP contribution is -2.28. The van der Waals surface area contributed by atoms with Crippen molar-refractivity contribution >= 4 is 0 Å². The summed E-state index contributed by atoms with van der Waals surface area (Å²) in [5.74, 6) is 0.428. The molecule has 2 aromatic rings. The van der Waals surface area contributed by atoms with E-state index in [0.29, 0.717) is 12.5 Å². The van der Waals surface area contributed by atoms with Gasteiger partial charge in [0.1, 0.15) is 0 Å². The highest BCUT2D eigenvalue weighted by molar-refractivity contribution is 5.22. The van der Waals surface area contributed by atoms with E-state index >= 15 is 0 Å². The molecule has 5 heteroatoms. The van der Waals surface area contributed by atoms with E-state index in [0.717, 1.165) is 44.0 Å². The number of hydrogen-bond donors (Lipinski definition) is 1. The Kier molecular flexibility index (Phi) is 4.85. The molecule has 2 heterocycles. The van der Waals surface area contributed by atoms with E-state index in [1.54, 1.807) is 0 Å². The fourth-order valence-electron chi connectivity index (χ4n) is 2.80. The molecule has 3 rings (SSSR count). The minimum absolute atomic E-state index is 0.428. The molecule has 0 unspecified atom stereocenters. The van der Waals surface area contributed by atoms with Crippen LogP contribution in [0.5, 0.6) is 0 Å². The van der Waals surface area contributed by atoms with Crippen LogP contribution in [0.3, 0.4) is 0 Å². The van der Waals surface area contributed by atoms with Gasteiger partial charge in [0, 0.05) is 25.6 Å². The zero-order chi connectivity index (χ0) is 15.4. The van der Waals surface area contributed by atoms with Crippen molar-refractivity contribution in [2.45, 2.75) is 40.0 Å². The Labute approximate surface area is 131 Å². The summed E-state index contributed by atoms with van der Waals surface area (Å²) in [5, 5.41) is 11.9. The van der Waals surface area contributed by atoms with Crippen molar-refractivity contribution in [3.05, 3.63) is 46.8 Å². The Morgan fingerprint density at radius 2 is 2.05 bits per heavy atom. The molecule has 1 aliphatic heterocycles. The maximum absolute atomic E-state index is 5.76. The maximum Gasteiger partial charge on any atom is 0.0904 e. The standard InChI is InChI=1S/C17H24N4O/c1-3-14-4-6-15(7-5-14)8-18-9-16-10-21-17(12-22-11-16)13(2)19-20-21/h4-7,16,18H,3,8-12H2,1-2H3/t16-/m0/s1. The SMILES string of the molecule is CCc1ccc(CNC[C@@H]2COCc3c(C)nnn3C2)cc1. The number of nitrogens with zero attached hydrogens (tertiary/aromatic N) is 3. The first-order valence-corrected chi connectivity index (χ1v) is 8.01. The van der Waals surface area contributed by atoms with Gasteiger partial charge in [-0.3, -0.25) is 0 Å². The van der Waals surface area contributed by atoms with Gasteiger partial charge in [0.15, 0.2) is 0 Å². The van der Waals surface area contributed by atoms with Crippen LogP contribution in [0.15, 0.2) is 24.3 Å². The highest BCUT2D eigenvalue weighted by Gasteiger charge is 2.19. The second kappa shape index (κ2) is 7.03. The summed E-state index contributed by atoms with van der Waals surface area (Å²) in [6.07, 6.45) is 1.09. The number of ether oxygens (including phenoxy) is 1. The zero-order valence-corrected chi connectivity index (χ0v) is 13.4. The maximum atomic E-state index is 5.76. The number of aryl methyl sites for hydroxylation is 2. The van der Waals surface area contributed by atoms with Crippen LogP contribution < -0.4 is 5.32 Å². The van der Waals surface area contributed by atoms with Crippen molar-refractivity contribution < 1.29 is 4.74 Å². The van der Waals surface area contributed by atoms with Crippen molar-refractivity contribution in [1.82, 2.24) is 20.3 Å². The molecule has 0 spiro atoms. The van der Waals surface area contributed by atoms with Gasteiger partial charge < -0.3 is 10.1 Å². The van der Waals surface area contributed by atoms with Crippen molar-refractivity contribution in [3.8, 4) is 0 Å². The van der Waals surface area contributed by atoms with Crippen LogP contribution in [0.1, 0.15) is 29.4 Å². The van der Waals surface area contributed by atoms with Crippen molar-refractivity contribution in [2.24, 2.45) is 5.92 Å². The van der Waals surface area contributed by atoms with Crippen LogP contribution in [0.4, 0.5) is 0 Å². The van der Waals surface area contributed by atoms with Gasteiger partial charge >= 0.3 is 0 Å². The molecule has 0 saturated carbocycles. The van der Waals surface area contributed by atoms with Crippen molar-refractivity contribution in [2.75, 3.05) is 13.2 Å². The first-order valence-electron chi connectivity index (χ1n) is 8.01. The van der Waals surface area contributed by atoms with Crippen LogP contribution in [-0.4, -0.2) is 28.1 Å². The topological polar surface area (TPSA) is 52.0 Å². The van der Waals surface area contributed by atoms with Gasteiger partial charge in [0.2, 0.25) is 0 Å². The van der Waals surface area contributed by atoms with Gasteiger partial charge in [-0.25, -0.2) is 4.68 Å². The summed E-state index contributed by atoms with van der Waals surface area (Å²) in [4.78, 5) is 0. The second-order valence-electron chi connectivity index (χ2n) is 5.99. The molecule has 1 atom stereocenters.